The lowest BCUT2D eigenvalue weighted by Crippen LogP contribution is -2.20. The number of pyridine rings is 1. The summed E-state index contributed by atoms with van der Waals surface area (Å²) in [6.45, 7) is 3.04. The van der Waals surface area contributed by atoms with Crippen LogP contribution in [-0.4, -0.2) is 41.7 Å². The maximum Gasteiger partial charge on any atom is 0.152 e. The smallest absolute Gasteiger partial charge is 0.152 e. The molecule has 25 heavy (non-hydrogen) atoms. The van der Waals surface area contributed by atoms with Gasteiger partial charge in [-0.2, -0.15) is 5.10 Å². The number of nitrogens with two attached hydrogens (primary N) is 1. The Morgan fingerprint density at radius 2 is 2.08 bits per heavy atom. The highest BCUT2D eigenvalue weighted by molar-refractivity contribution is 6.09. The number of fused-ring (bicyclic) bond motifs is 3. The summed E-state index contributed by atoms with van der Waals surface area (Å²) in [6, 6.07) is 8.16. The lowest BCUT2D eigenvalue weighted by atomic mass is 9.93. The number of hydrogen-bond acceptors (Lipinski definition) is 5. The number of anilines is 1. The Hall–Kier alpha value is -2.18. The molecular formula is C19H24N4O2. The first-order valence-electron chi connectivity index (χ1n) is 8.88. The molecule has 1 fully saturated rings. The van der Waals surface area contributed by atoms with E-state index in [9.17, 15) is 0 Å². The van der Waals surface area contributed by atoms with Crippen molar-refractivity contribution in [2.45, 2.75) is 25.8 Å². The monoisotopic (exact) mass is 340 g/mol. The van der Waals surface area contributed by atoms with Crippen molar-refractivity contribution in [2.75, 3.05) is 32.7 Å². The fraction of sp³-hybridized carbons (Fsp3) is 0.474. The zero-order chi connectivity index (χ0) is 17.2. The number of nitrogens with zero attached hydrogens (tertiary/aromatic N) is 3. The van der Waals surface area contributed by atoms with Crippen molar-refractivity contribution < 1.29 is 9.47 Å². The standard InChI is InChI=1S/C19H24N4O2/c1-24-11-8-23-16(12-13-6-9-25-10-7-13)17-14-4-2-3-5-15(14)21-19(20)18(17)22-23/h2-5,13H,6-12H2,1H3,(H2,20,21). The second-order valence-corrected chi connectivity index (χ2v) is 6.66. The van der Waals surface area contributed by atoms with Gasteiger partial charge in [0.2, 0.25) is 0 Å². The fourth-order valence-corrected chi connectivity index (χ4v) is 3.72. The third-order valence-corrected chi connectivity index (χ3v) is 5.04. The SMILES string of the molecule is COCCn1nc2c(N)nc3ccccc3c2c1CC1CCOCC1. The van der Waals surface area contributed by atoms with Crippen LogP contribution < -0.4 is 5.73 Å². The minimum absolute atomic E-state index is 0.498. The highest BCUT2D eigenvalue weighted by atomic mass is 16.5. The summed E-state index contributed by atoms with van der Waals surface area (Å²) in [5.41, 5.74) is 9.19. The van der Waals surface area contributed by atoms with Crippen LogP contribution in [0.3, 0.4) is 0 Å². The van der Waals surface area contributed by atoms with Crippen LogP contribution >= 0.6 is 0 Å². The van der Waals surface area contributed by atoms with Crippen molar-refractivity contribution in [3.05, 3.63) is 30.0 Å². The molecule has 0 aliphatic carbocycles. The van der Waals surface area contributed by atoms with Gasteiger partial charge in [0.15, 0.2) is 5.82 Å². The summed E-state index contributed by atoms with van der Waals surface area (Å²) < 4.78 is 12.9. The predicted octanol–water partition coefficient (Wildman–Crippen LogP) is 2.78. The second kappa shape index (κ2) is 6.98. The molecule has 1 aromatic carbocycles. The molecule has 0 saturated carbocycles. The molecule has 0 amide bonds. The first kappa shape index (κ1) is 16.3. The molecule has 2 N–H and O–H groups in total. The van der Waals surface area contributed by atoms with E-state index in [2.05, 4.69) is 15.7 Å². The van der Waals surface area contributed by atoms with Gasteiger partial charge in [0.05, 0.1) is 18.7 Å². The Kier molecular flexibility index (Phi) is 4.55. The molecule has 0 bridgehead atoms. The Morgan fingerprint density at radius 1 is 1.28 bits per heavy atom. The van der Waals surface area contributed by atoms with Gasteiger partial charge in [-0.05, 0) is 31.2 Å². The maximum absolute atomic E-state index is 6.23. The van der Waals surface area contributed by atoms with Crippen LogP contribution in [0, 0.1) is 5.92 Å². The number of nitrogen functional groups attached to an aromatic ring is 1. The van der Waals surface area contributed by atoms with Crippen LogP contribution in [0.5, 0.6) is 0 Å². The third kappa shape index (κ3) is 3.07. The van der Waals surface area contributed by atoms with Crippen molar-refractivity contribution in [3.63, 3.8) is 0 Å². The summed E-state index contributed by atoms with van der Waals surface area (Å²) in [7, 11) is 1.71. The number of para-hydroxylation sites is 1. The Balaban J connectivity index is 1.88. The van der Waals surface area contributed by atoms with Crippen molar-refractivity contribution in [3.8, 4) is 0 Å². The molecule has 132 valence electrons. The molecule has 0 atom stereocenters. The highest BCUT2D eigenvalue weighted by Gasteiger charge is 2.22. The molecule has 2 aromatic heterocycles. The van der Waals surface area contributed by atoms with E-state index >= 15 is 0 Å². The zero-order valence-corrected chi connectivity index (χ0v) is 14.6. The van der Waals surface area contributed by atoms with E-state index < -0.39 is 0 Å². The average molecular weight is 340 g/mol. The molecule has 1 saturated heterocycles. The van der Waals surface area contributed by atoms with Crippen LogP contribution in [0.4, 0.5) is 5.82 Å². The number of aromatic nitrogens is 3. The topological polar surface area (TPSA) is 75.2 Å². The lowest BCUT2D eigenvalue weighted by Gasteiger charge is -2.22. The molecular weight excluding hydrogens is 316 g/mol. The number of benzene rings is 1. The largest absolute Gasteiger partial charge is 0.383 e. The quantitative estimate of drug-likeness (QED) is 0.773. The first-order valence-corrected chi connectivity index (χ1v) is 8.88. The average Bonchev–Trinajstić information content (AvgIpc) is 3.00. The third-order valence-electron chi connectivity index (χ3n) is 5.04. The van der Waals surface area contributed by atoms with Gasteiger partial charge in [-0.3, -0.25) is 4.68 Å². The van der Waals surface area contributed by atoms with E-state index in [1.807, 2.05) is 18.2 Å². The zero-order valence-electron chi connectivity index (χ0n) is 14.6. The van der Waals surface area contributed by atoms with E-state index in [1.54, 1.807) is 7.11 Å². The molecule has 3 heterocycles. The molecule has 4 rings (SSSR count). The van der Waals surface area contributed by atoms with Crippen molar-refractivity contribution in [1.82, 2.24) is 14.8 Å². The van der Waals surface area contributed by atoms with E-state index in [1.165, 1.54) is 5.69 Å². The molecule has 1 aliphatic heterocycles. The summed E-state index contributed by atoms with van der Waals surface area (Å²) in [6.07, 6.45) is 3.17. The normalized spacial score (nSPS) is 16.0. The van der Waals surface area contributed by atoms with Gasteiger partial charge in [0, 0.05) is 36.8 Å². The predicted molar refractivity (Wildman–Crippen MR) is 98.6 cm³/mol. The van der Waals surface area contributed by atoms with Crippen LogP contribution in [-0.2, 0) is 22.4 Å². The summed E-state index contributed by atoms with van der Waals surface area (Å²) in [5, 5.41) is 7.05. The molecule has 0 spiro atoms. The Morgan fingerprint density at radius 3 is 2.88 bits per heavy atom. The number of methoxy groups -OCH3 is 1. The minimum atomic E-state index is 0.498. The van der Waals surface area contributed by atoms with Crippen molar-refractivity contribution >= 4 is 27.6 Å². The van der Waals surface area contributed by atoms with Crippen LogP contribution in [0.2, 0.25) is 0 Å². The van der Waals surface area contributed by atoms with Gasteiger partial charge in [0.25, 0.3) is 0 Å². The van der Waals surface area contributed by atoms with Crippen LogP contribution in [0.15, 0.2) is 24.3 Å². The first-order chi connectivity index (χ1) is 12.3. The minimum Gasteiger partial charge on any atom is -0.383 e. The summed E-state index contributed by atoms with van der Waals surface area (Å²) in [4.78, 5) is 4.54. The van der Waals surface area contributed by atoms with Gasteiger partial charge in [-0.15, -0.1) is 0 Å². The van der Waals surface area contributed by atoms with Crippen molar-refractivity contribution in [1.29, 1.82) is 0 Å². The van der Waals surface area contributed by atoms with Crippen LogP contribution in [0.25, 0.3) is 21.8 Å². The highest BCUT2D eigenvalue weighted by Crippen LogP contribution is 2.33. The van der Waals surface area contributed by atoms with Gasteiger partial charge < -0.3 is 15.2 Å². The number of rotatable bonds is 5. The van der Waals surface area contributed by atoms with Crippen molar-refractivity contribution in [2.24, 2.45) is 5.92 Å². The molecule has 6 nitrogen and oxygen atoms in total. The van der Waals surface area contributed by atoms with E-state index in [0.717, 1.165) is 60.8 Å². The number of hydrogen-bond donors (Lipinski definition) is 1. The molecule has 6 heteroatoms. The van der Waals surface area contributed by atoms with Gasteiger partial charge in [-0.1, -0.05) is 18.2 Å². The van der Waals surface area contributed by atoms with Crippen LogP contribution in [0.1, 0.15) is 18.5 Å². The van der Waals surface area contributed by atoms with Gasteiger partial charge in [0.1, 0.15) is 5.52 Å². The molecule has 0 radical (unpaired) electrons. The Labute approximate surface area is 146 Å². The fourth-order valence-electron chi connectivity index (χ4n) is 3.72. The lowest BCUT2D eigenvalue weighted by molar-refractivity contribution is 0.0659. The molecule has 0 unspecified atom stereocenters. The van der Waals surface area contributed by atoms with Gasteiger partial charge in [-0.25, -0.2) is 4.98 Å². The summed E-state index contributed by atoms with van der Waals surface area (Å²) in [5.74, 6) is 1.11. The molecule has 1 aliphatic rings. The second-order valence-electron chi connectivity index (χ2n) is 6.66. The maximum atomic E-state index is 6.23. The van der Waals surface area contributed by atoms with Gasteiger partial charge >= 0.3 is 0 Å². The van der Waals surface area contributed by atoms with E-state index in [4.69, 9.17) is 20.3 Å². The van der Waals surface area contributed by atoms with E-state index in [0.29, 0.717) is 18.3 Å². The summed E-state index contributed by atoms with van der Waals surface area (Å²) >= 11 is 0. The molecule has 3 aromatic rings. The van der Waals surface area contributed by atoms with E-state index in [-0.39, 0.29) is 0 Å². The number of ether oxygens (including phenoxy) is 2. The Bertz CT molecular complexity index is 884.